The van der Waals surface area contributed by atoms with Crippen LogP contribution in [0.5, 0.6) is 5.75 Å². The number of hydrogen-bond acceptors (Lipinski definition) is 5. The van der Waals surface area contributed by atoms with E-state index < -0.39 is 12.6 Å². The second-order valence-corrected chi connectivity index (χ2v) is 8.11. The Hall–Kier alpha value is -2.29. The van der Waals surface area contributed by atoms with Crippen molar-refractivity contribution in [3.63, 3.8) is 0 Å². The Bertz CT molecular complexity index is 1020. The summed E-state index contributed by atoms with van der Waals surface area (Å²) in [6, 6.07) is 10.5. The first kappa shape index (κ1) is 20.4. The lowest BCUT2D eigenvalue weighted by atomic mass is 10.2. The number of amidine groups is 1. The number of ether oxygens (including phenoxy) is 1. The molecule has 1 fully saturated rings. The summed E-state index contributed by atoms with van der Waals surface area (Å²) in [4.78, 5) is 27.8. The van der Waals surface area contributed by atoms with Crippen molar-refractivity contribution in [1.82, 2.24) is 5.32 Å². The zero-order valence-electron chi connectivity index (χ0n) is 14.5. The Labute approximate surface area is 178 Å². The summed E-state index contributed by atoms with van der Waals surface area (Å²) in [5.41, 5.74) is 2.40. The van der Waals surface area contributed by atoms with Crippen molar-refractivity contribution >= 4 is 68.1 Å². The van der Waals surface area contributed by atoms with Crippen molar-refractivity contribution < 1.29 is 19.4 Å². The van der Waals surface area contributed by atoms with Gasteiger partial charge in [0.15, 0.2) is 11.8 Å². The van der Waals surface area contributed by atoms with Crippen LogP contribution >= 0.6 is 39.3 Å². The first-order chi connectivity index (χ1) is 13.3. The van der Waals surface area contributed by atoms with Gasteiger partial charge in [0.2, 0.25) is 0 Å². The molecule has 9 heteroatoms. The second-order valence-electron chi connectivity index (χ2n) is 5.78. The highest BCUT2D eigenvalue weighted by molar-refractivity contribution is 9.10. The fraction of sp³-hybridized carbons (Fsp3) is 0.105. The van der Waals surface area contributed by atoms with Gasteiger partial charge in [-0.1, -0.05) is 23.7 Å². The Morgan fingerprint density at radius 2 is 2.14 bits per heavy atom. The topological polar surface area (TPSA) is 88.0 Å². The highest BCUT2D eigenvalue weighted by atomic mass is 79.9. The van der Waals surface area contributed by atoms with E-state index in [1.54, 1.807) is 36.4 Å². The molecule has 1 heterocycles. The lowest BCUT2D eigenvalue weighted by Crippen LogP contribution is -2.19. The van der Waals surface area contributed by atoms with Crippen LogP contribution in [-0.2, 0) is 9.59 Å². The normalized spacial score (nSPS) is 16.5. The number of carbonyl (C=O) groups excluding carboxylic acids is 1. The van der Waals surface area contributed by atoms with Gasteiger partial charge in [-0.25, -0.2) is 9.79 Å². The maximum absolute atomic E-state index is 12.3. The molecule has 28 heavy (non-hydrogen) atoms. The molecule has 0 radical (unpaired) electrons. The van der Waals surface area contributed by atoms with Crippen LogP contribution in [0.25, 0.3) is 6.08 Å². The maximum Gasteiger partial charge on any atom is 0.341 e. The van der Waals surface area contributed by atoms with Crippen LogP contribution in [0, 0.1) is 6.92 Å². The second kappa shape index (κ2) is 8.81. The van der Waals surface area contributed by atoms with E-state index in [0.717, 1.165) is 11.1 Å². The first-order valence-electron chi connectivity index (χ1n) is 8.02. The molecule has 0 spiro atoms. The average molecular weight is 482 g/mol. The molecule has 0 saturated carbocycles. The molecule has 6 nitrogen and oxygen atoms in total. The lowest BCUT2D eigenvalue weighted by molar-refractivity contribution is -0.139. The van der Waals surface area contributed by atoms with Gasteiger partial charge < -0.3 is 15.2 Å². The highest BCUT2D eigenvalue weighted by Crippen LogP contribution is 2.32. The van der Waals surface area contributed by atoms with Crippen molar-refractivity contribution in [3.05, 3.63) is 61.9 Å². The number of halogens is 2. The van der Waals surface area contributed by atoms with Gasteiger partial charge in [-0.15, -0.1) is 0 Å². The third kappa shape index (κ3) is 5.15. The van der Waals surface area contributed by atoms with Crippen LogP contribution in [0.4, 0.5) is 5.69 Å². The van der Waals surface area contributed by atoms with Gasteiger partial charge in [0.1, 0.15) is 5.75 Å². The SMILES string of the molecule is Cc1ccc(Cl)cc1N=C1NC(=O)/C(=C/c2ccc(OCC(=O)O)c(Br)c2)S1. The quantitative estimate of drug-likeness (QED) is 0.601. The monoisotopic (exact) mass is 480 g/mol. The average Bonchev–Trinajstić information content (AvgIpc) is 2.96. The van der Waals surface area contributed by atoms with Gasteiger partial charge in [-0.05, 0) is 76.1 Å². The number of aliphatic carboxylic acids is 1. The Kier molecular flexibility index (Phi) is 6.43. The van der Waals surface area contributed by atoms with Gasteiger partial charge in [-0.2, -0.15) is 0 Å². The van der Waals surface area contributed by atoms with Crippen LogP contribution in [0.1, 0.15) is 11.1 Å². The predicted octanol–water partition coefficient (Wildman–Crippen LogP) is 4.77. The van der Waals surface area contributed by atoms with Crippen LogP contribution in [0.2, 0.25) is 5.02 Å². The van der Waals surface area contributed by atoms with Crippen LogP contribution in [-0.4, -0.2) is 28.8 Å². The number of aryl methyl sites for hydroxylation is 1. The molecule has 1 aliphatic heterocycles. The number of hydrogen-bond donors (Lipinski definition) is 2. The number of carbonyl (C=O) groups is 2. The predicted molar refractivity (Wildman–Crippen MR) is 114 cm³/mol. The van der Waals surface area contributed by atoms with E-state index in [-0.39, 0.29) is 5.91 Å². The van der Waals surface area contributed by atoms with Gasteiger partial charge in [0.25, 0.3) is 5.91 Å². The molecule has 0 atom stereocenters. The van der Waals surface area contributed by atoms with Gasteiger partial charge in [0, 0.05) is 5.02 Å². The third-order valence-electron chi connectivity index (χ3n) is 3.65. The summed E-state index contributed by atoms with van der Waals surface area (Å²) in [5, 5.41) is 12.5. The summed E-state index contributed by atoms with van der Waals surface area (Å²) < 4.78 is 5.76. The summed E-state index contributed by atoms with van der Waals surface area (Å²) in [7, 11) is 0. The van der Waals surface area contributed by atoms with E-state index in [1.807, 2.05) is 13.0 Å². The van der Waals surface area contributed by atoms with Crippen molar-refractivity contribution in [2.75, 3.05) is 6.61 Å². The lowest BCUT2D eigenvalue weighted by Gasteiger charge is -2.06. The van der Waals surface area contributed by atoms with Crippen molar-refractivity contribution in [2.24, 2.45) is 4.99 Å². The van der Waals surface area contributed by atoms with Gasteiger partial charge >= 0.3 is 5.97 Å². The summed E-state index contributed by atoms with van der Waals surface area (Å²) in [6.07, 6.45) is 1.72. The molecule has 2 aromatic carbocycles. The Balaban J connectivity index is 1.79. The van der Waals surface area contributed by atoms with E-state index in [4.69, 9.17) is 21.4 Å². The summed E-state index contributed by atoms with van der Waals surface area (Å²) in [6.45, 7) is 1.49. The number of aliphatic imine (C=N–C) groups is 1. The number of amides is 1. The number of nitrogens with one attached hydrogen (secondary N) is 1. The molecule has 3 rings (SSSR count). The molecular formula is C19H14BrClN2O4S. The maximum atomic E-state index is 12.3. The number of carboxylic acid groups (broad SMARTS) is 1. The van der Waals surface area contributed by atoms with E-state index in [9.17, 15) is 9.59 Å². The minimum atomic E-state index is -1.06. The fourth-order valence-electron chi connectivity index (χ4n) is 2.31. The van der Waals surface area contributed by atoms with E-state index in [1.165, 1.54) is 11.8 Å². The zero-order valence-corrected chi connectivity index (χ0v) is 17.7. The molecule has 0 bridgehead atoms. The van der Waals surface area contributed by atoms with Crippen molar-refractivity contribution in [2.45, 2.75) is 6.92 Å². The fourth-order valence-corrected chi connectivity index (χ4v) is 3.82. The van der Waals surface area contributed by atoms with Gasteiger partial charge in [0.05, 0.1) is 15.1 Å². The molecule has 2 aromatic rings. The van der Waals surface area contributed by atoms with E-state index in [0.29, 0.717) is 31.0 Å². The minimum Gasteiger partial charge on any atom is -0.481 e. The van der Waals surface area contributed by atoms with E-state index >= 15 is 0 Å². The zero-order chi connectivity index (χ0) is 20.3. The molecule has 0 unspecified atom stereocenters. The number of benzene rings is 2. The van der Waals surface area contributed by atoms with E-state index in [2.05, 4.69) is 26.2 Å². The Morgan fingerprint density at radius 1 is 1.36 bits per heavy atom. The van der Waals surface area contributed by atoms with Crippen LogP contribution in [0.3, 0.4) is 0 Å². The molecule has 1 aliphatic rings. The number of thioether (sulfide) groups is 1. The summed E-state index contributed by atoms with van der Waals surface area (Å²) in [5.74, 6) is -0.892. The Morgan fingerprint density at radius 3 is 2.86 bits per heavy atom. The molecule has 144 valence electrons. The summed E-state index contributed by atoms with van der Waals surface area (Å²) >= 11 is 10.6. The third-order valence-corrected chi connectivity index (χ3v) is 5.41. The molecular weight excluding hydrogens is 468 g/mol. The molecule has 0 aliphatic carbocycles. The first-order valence-corrected chi connectivity index (χ1v) is 10.0. The van der Waals surface area contributed by atoms with Crippen LogP contribution in [0.15, 0.2) is 50.8 Å². The molecule has 1 amide bonds. The number of nitrogens with zero attached hydrogens (tertiary/aromatic N) is 1. The number of rotatable bonds is 5. The van der Waals surface area contributed by atoms with Crippen LogP contribution < -0.4 is 10.1 Å². The largest absolute Gasteiger partial charge is 0.481 e. The van der Waals surface area contributed by atoms with Gasteiger partial charge in [-0.3, -0.25) is 4.79 Å². The van der Waals surface area contributed by atoms with Crippen molar-refractivity contribution in [1.29, 1.82) is 0 Å². The van der Waals surface area contributed by atoms with Crippen molar-refractivity contribution in [3.8, 4) is 5.75 Å². The molecule has 2 N–H and O–H groups in total. The standard InChI is InChI=1S/C19H14BrClN2O4S/c1-10-2-4-12(21)8-14(10)22-19-23-18(26)16(28-19)7-11-3-5-15(13(20)6-11)27-9-17(24)25/h2-8H,9H2,1H3,(H,24,25)(H,22,23,26)/b16-7-. The molecule has 1 saturated heterocycles. The number of carboxylic acids is 1. The molecule has 0 aromatic heterocycles. The smallest absolute Gasteiger partial charge is 0.341 e. The highest BCUT2D eigenvalue weighted by Gasteiger charge is 2.24. The minimum absolute atomic E-state index is 0.245.